The van der Waals surface area contributed by atoms with Gasteiger partial charge in [-0.25, -0.2) is 4.79 Å². The maximum Gasteiger partial charge on any atom is 0.321 e. The number of piperazine rings is 1. The molecule has 0 spiro atoms. The number of rotatable bonds is 4. The van der Waals surface area contributed by atoms with Gasteiger partial charge >= 0.3 is 6.03 Å². The Labute approximate surface area is 175 Å². The summed E-state index contributed by atoms with van der Waals surface area (Å²) in [6.07, 6.45) is 0. The molecule has 1 aliphatic heterocycles. The molecule has 0 aromatic heterocycles. The Morgan fingerprint density at radius 3 is 2.10 bits per heavy atom. The first-order valence-corrected chi connectivity index (χ1v) is 9.85. The van der Waals surface area contributed by atoms with Crippen LogP contribution in [0.1, 0.15) is 5.56 Å². The van der Waals surface area contributed by atoms with Gasteiger partial charge in [0, 0.05) is 37.6 Å². The fourth-order valence-electron chi connectivity index (χ4n) is 3.35. The lowest BCUT2D eigenvalue weighted by Gasteiger charge is -2.36. The third-order valence-corrected chi connectivity index (χ3v) is 5.01. The second-order valence-corrected chi connectivity index (χ2v) is 7.00. The number of hydrogen-bond acceptors (Lipinski definition) is 4. The van der Waals surface area contributed by atoms with Gasteiger partial charge in [0.2, 0.25) is 0 Å². The molecule has 1 N–H and O–H groups in total. The van der Waals surface area contributed by atoms with E-state index in [1.54, 1.807) is 24.3 Å². The number of benzene rings is 3. The van der Waals surface area contributed by atoms with Gasteiger partial charge < -0.3 is 19.9 Å². The lowest BCUT2D eigenvalue weighted by Crippen LogP contribution is -2.50. The first-order valence-electron chi connectivity index (χ1n) is 9.85. The number of carbonyl (C=O) groups excluding carboxylic acids is 1. The fourth-order valence-corrected chi connectivity index (χ4v) is 3.35. The molecular formula is C24H22N4O2. The number of anilines is 2. The van der Waals surface area contributed by atoms with Crippen LogP contribution in [-0.4, -0.2) is 37.1 Å². The highest BCUT2D eigenvalue weighted by Crippen LogP contribution is 2.25. The minimum absolute atomic E-state index is 0.119. The van der Waals surface area contributed by atoms with Crippen molar-refractivity contribution in [2.45, 2.75) is 0 Å². The average molecular weight is 398 g/mol. The normalized spacial score (nSPS) is 13.4. The van der Waals surface area contributed by atoms with Crippen LogP contribution < -0.4 is 15.0 Å². The van der Waals surface area contributed by atoms with E-state index in [1.165, 1.54) is 0 Å². The summed E-state index contributed by atoms with van der Waals surface area (Å²) >= 11 is 0. The summed E-state index contributed by atoms with van der Waals surface area (Å²) in [4.78, 5) is 16.6. The first kappa shape index (κ1) is 19.3. The zero-order valence-corrected chi connectivity index (χ0v) is 16.5. The fraction of sp³-hybridized carbons (Fsp3) is 0.167. The highest BCUT2D eigenvalue weighted by Gasteiger charge is 2.21. The largest absolute Gasteiger partial charge is 0.457 e. The molecule has 0 atom stereocenters. The molecule has 1 heterocycles. The molecule has 30 heavy (non-hydrogen) atoms. The highest BCUT2D eigenvalue weighted by atomic mass is 16.5. The van der Waals surface area contributed by atoms with Gasteiger partial charge in [-0.15, -0.1) is 0 Å². The van der Waals surface area contributed by atoms with Gasteiger partial charge in [0.1, 0.15) is 11.5 Å². The van der Waals surface area contributed by atoms with Crippen molar-refractivity contribution >= 4 is 17.4 Å². The van der Waals surface area contributed by atoms with Gasteiger partial charge in [0.05, 0.1) is 11.6 Å². The van der Waals surface area contributed by atoms with Gasteiger partial charge in [0.15, 0.2) is 0 Å². The van der Waals surface area contributed by atoms with Crippen molar-refractivity contribution in [3.05, 3.63) is 84.4 Å². The quantitative estimate of drug-likeness (QED) is 0.691. The Morgan fingerprint density at radius 2 is 1.47 bits per heavy atom. The zero-order valence-electron chi connectivity index (χ0n) is 16.5. The number of nitriles is 1. The molecule has 0 unspecified atom stereocenters. The molecule has 6 heteroatoms. The first-order chi connectivity index (χ1) is 14.7. The summed E-state index contributed by atoms with van der Waals surface area (Å²) in [5.41, 5.74) is 2.37. The van der Waals surface area contributed by atoms with Crippen LogP contribution in [-0.2, 0) is 0 Å². The van der Waals surface area contributed by atoms with Crippen LogP contribution >= 0.6 is 0 Å². The number of nitrogens with one attached hydrogen (secondary N) is 1. The number of ether oxygens (including phenoxy) is 1. The summed E-state index contributed by atoms with van der Waals surface area (Å²) in [6, 6.07) is 26.5. The molecule has 150 valence electrons. The van der Waals surface area contributed by atoms with Crippen molar-refractivity contribution in [3.63, 3.8) is 0 Å². The predicted molar refractivity (Wildman–Crippen MR) is 117 cm³/mol. The second kappa shape index (κ2) is 9.01. The van der Waals surface area contributed by atoms with E-state index < -0.39 is 0 Å². The maximum absolute atomic E-state index is 12.5. The molecule has 1 aliphatic rings. The Balaban J connectivity index is 1.29. The predicted octanol–water partition coefficient (Wildman–Crippen LogP) is 4.70. The van der Waals surface area contributed by atoms with Crippen LogP contribution in [0.2, 0.25) is 0 Å². The van der Waals surface area contributed by atoms with E-state index in [0.717, 1.165) is 30.3 Å². The monoisotopic (exact) mass is 398 g/mol. The van der Waals surface area contributed by atoms with Gasteiger partial charge in [0.25, 0.3) is 0 Å². The molecule has 2 amide bonds. The van der Waals surface area contributed by atoms with Gasteiger partial charge in [-0.2, -0.15) is 5.26 Å². The molecule has 3 aromatic rings. The zero-order chi connectivity index (χ0) is 20.8. The molecule has 0 radical (unpaired) electrons. The molecule has 0 saturated carbocycles. The second-order valence-electron chi connectivity index (χ2n) is 7.00. The topological polar surface area (TPSA) is 68.6 Å². The molecule has 3 aromatic carbocycles. The van der Waals surface area contributed by atoms with Crippen LogP contribution in [0.5, 0.6) is 11.5 Å². The summed E-state index contributed by atoms with van der Waals surface area (Å²) in [7, 11) is 0. The number of amides is 2. The standard InChI is InChI=1S/C24H22N4O2/c25-18-19-6-8-20(9-7-19)26-24(29)28-16-14-27(15-17-28)21-10-12-23(13-11-21)30-22-4-2-1-3-5-22/h1-13H,14-17H2,(H,26,29). The Hall–Kier alpha value is -3.98. The molecule has 1 fully saturated rings. The lowest BCUT2D eigenvalue weighted by molar-refractivity contribution is 0.208. The summed E-state index contributed by atoms with van der Waals surface area (Å²) in [5.74, 6) is 1.61. The van der Waals surface area contributed by atoms with Crippen LogP contribution in [0.15, 0.2) is 78.9 Å². The minimum Gasteiger partial charge on any atom is -0.457 e. The lowest BCUT2D eigenvalue weighted by atomic mass is 10.2. The van der Waals surface area contributed by atoms with Gasteiger partial charge in [-0.1, -0.05) is 18.2 Å². The van der Waals surface area contributed by atoms with E-state index in [4.69, 9.17) is 10.00 Å². The maximum atomic E-state index is 12.5. The molecule has 6 nitrogen and oxygen atoms in total. The Bertz CT molecular complexity index is 1020. The van der Waals surface area contributed by atoms with Crippen LogP contribution in [0.4, 0.5) is 16.2 Å². The van der Waals surface area contributed by atoms with Gasteiger partial charge in [-0.3, -0.25) is 0 Å². The summed E-state index contributed by atoms with van der Waals surface area (Å²) < 4.78 is 5.84. The van der Waals surface area contributed by atoms with E-state index in [1.807, 2.05) is 59.5 Å². The third-order valence-electron chi connectivity index (χ3n) is 5.01. The highest BCUT2D eigenvalue weighted by molar-refractivity contribution is 5.89. The van der Waals surface area contributed by atoms with E-state index in [2.05, 4.69) is 16.3 Å². The minimum atomic E-state index is -0.119. The smallest absolute Gasteiger partial charge is 0.321 e. The van der Waals surface area contributed by atoms with E-state index in [-0.39, 0.29) is 6.03 Å². The number of carbonyl (C=O) groups is 1. The number of nitrogens with zero attached hydrogens (tertiary/aromatic N) is 3. The van der Waals surface area contributed by atoms with Crippen LogP contribution in [0.25, 0.3) is 0 Å². The summed E-state index contributed by atoms with van der Waals surface area (Å²) in [6.45, 7) is 2.81. The van der Waals surface area contributed by atoms with Crippen molar-refractivity contribution in [1.29, 1.82) is 5.26 Å². The molecular weight excluding hydrogens is 376 g/mol. The molecule has 0 aliphatic carbocycles. The summed E-state index contributed by atoms with van der Waals surface area (Å²) in [5, 5.41) is 11.7. The van der Waals surface area contributed by atoms with E-state index in [9.17, 15) is 4.79 Å². The van der Waals surface area contributed by atoms with Crippen LogP contribution in [0, 0.1) is 11.3 Å². The van der Waals surface area contributed by atoms with Crippen molar-refractivity contribution in [2.75, 3.05) is 36.4 Å². The number of para-hydroxylation sites is 1. The molecule has 1 saturated heterocycles. The van der Waals surface area contributed by atoms with Crippen LogP contribution in [0.3, 0.4) is 0 Å². The number of urea groups is 1. The van der Waals surface area contributed by atoms with Crippen molar-refractivity contribution in [2.24, 2.45) is 0 Å². The van der Waals surface area contributed by atoms with E-state index >= 15 is 0 Å². The van der Waals surface area contributed by atoms with E-state index in [0.29, 0.717) is 24.3 Å². The molecule has 4 rings (SSSR count). The number of hydrogen-bond donors (Lipinski definition) is 1. The average Bonchev–Trinajstić information content (AvgIpc) is 2.81. The molecule has 0 bridgehead atoms. The van der Waals surface area contributed by atoms with Crippen molar-refractivity contribution in [3.8, 4) is 17.6 Å². The third kappa shape index (κ3) is 4.70. The SMILES string of the molecule is N#Cc1ccc(NC(=O)N2CCN(c3ccc(Oc4ccccc4)cc3)CC2)cc1. The Morgan fingerprint density at radius 1 is 0.833 bits per heavy atom. The van der Waals surface area contributed by atoms with Crippen molar-refractivity contribution in [1.82, 2.24) is 4.90 Å². The van der Waals surface area contributed by atoms with Gasteiger partial charge in [-0.05, 0) is 60.7 Å². The van der Waals surface area contributed by atoms with Crippen molar-refractivity contribution < 1.29 is 9.53 Å². The Kier molecular flexibility index (Phi) is 5.81.